The smallest absolute Gasteiger partial charge is 0.0522 e. The van der Waals surface area contributed by atoms with E-state index < -0.39 is 0 Å². The van der Waals surface area contributed by atoms with E-state index in [1.807, 2.05) is 30.3 Å². The highest BCUT2D eigenvalue weighted by molar-refractivity contribution is 5.22. The molecule has 0 aliphatic heterocycles. The Morgan fingerprint density at radius 3 is 2.78 bits per heavy atom. The van der Waals surface area contributed by atoms with E-state index in [2.05, 4.69) is 41.5 Å². The quantitative estimate of drug-likeness (QED) is 0.875. The molecule has 2 aromatic heterocycles. The lowest BCUT2D eigenvalue weighted by molar-refractivity contribution is 0.547. The fraction of sp³-hybridized carbons (Fsp3) is 0.429. The third-order valence-corrected chi connectivity index (χ3v) is 2.95. The van der Waals surface area contributed by atoms with Crippen molar-refractivity contribution in [1.82, 2.24) is 20.1 Å². The summed E-state index contributed by atoms with van der Waals surface area (Å²) in [6.07, 6.45) is 8.75. The highest BCUT2D eigenvalue weighted by atomic mass is 15.2. The molecule has 0 aromatic carbocycles. The minimum atomic E-state index is 0.298. The Morgan fingerprint density at radius 1 is 1.33 bits per heavy atom. The van der Waals surface area contributed by atoms with Gasteiger partial charge in [0.25, 0.3) is 0 Å². The number of hydrogen-bond acceptors (Lipinski definition) is 3. The van der Waals surface area contributed by atoms with Crippen LogP contribution in [-0.2, 0) is 13.5 Å². The summed E-state index contributed by atoms with van der Waals surface area (Å²) >= 11 is 0. The Labute approximate surface area is 108 Å². The minimum absolute atomic E-state index is 0.298. The van der Waals surface area contributed by atoms with E-state index in [0.29, 0.717) is 6.04 Å². The summed E-state index contributed by atoms with van der Waals surface area (Å²) in [5.41, 5.74) is 3.67. The number of likely N-dealkylation sites (N-methyl/N-ethyl adjacent to an activating group) is 1. The Kier molecular flexibility index (Phi) is 4.10. The van der Waals surface area contributed by atoms with Crippen molar-refractivity contribution in [3.63, 3.8) is 0 Å². The fourth-order valence-corrected chi connectivity index (χ4v) is 2.14. The van der Waals surface area contributed by atoms with Gasteiger partial charge in [0.15, 0.2) is 0 Å². The molecule has 0 aliphatic carbocycles. The van der Waals surface area contributed by atoms with E-state index in [1.165, 1.54) is 16.7 Å². The molecule has 2 heterocycles. The topological polar surface area (TPSA) is 42.7 Å². The summed E-state index contributed by atoms with van der Waals surface area (Å²) < 4.78 is 1.84. The number of nitrogens with zero attached hydrogens (tertiary/aromatic N) is 3. The molecule has 0 amide bonds. The van der Waals surface area contributed by atoms with Crippen LogP contribution < -0.4 is 5.32 Å². The highest BCUT2D eigenvalue weighted by Gasteiger charge is 2.12. The molecule has 0 spiro atoms. The molecular weight excluding hydrogens is 224 g/mol. The summed E-state index contributed by atoms with van der Waals surface area (Å²) in [6.45, 7) is 5.14. The van der Waals surface area contributed by atoms with Crippen molar-refractivity contribution in [2.45, 2.75) is 26.3 Å². The average Bonchev–Trinajstić information content (AvgIpc) is 2.74. The van der Waals surface area contributed by atoms with Crippen molar-refractivity contribution >= 4 is 0 Å². The molecule has 0 aliphatic rings. The van der Waals surface area contributed by atoms with E-state index in [9.17, 15) is 0 Å². The first kappa shape index (κ1) is 12.8. The summed E-state index contributed by atoms with van der Waals surface area (Å²) in [5.74, 6) is 0. The summed E-state index contributed by atoms with van der Waals surface area (Å²) in [7, 11) is 1.94. The zero-order valence-corrected chi connectivity index (χ0v) is 11.2. The lowest BCUT2D eigenvalue weighted by Crippen LogP contribution is -2.23. The first-order valence-electron chi connectivity index (χ1n) is 6.31. The lowest BCUT2D eigenvalue weighted by atomic mass is 10.0. The van der Waals surface area contributed by atoms with Gasteiger partial charge in [-0.2, -0.15) is 5.10 Å². The third kappa shape index (κ3) is 3.17. The van der Waals surface area contributed by atoms with Gasteiger partial charge >= 0.3 is 0 Å². The summed E-state index contributed by atoms with van der Waals surface area (Å²) in [6, 6.07) is 2.49. The van der Waals surface area contributed by atoms with Crippen LogP contribution in [0.25, 0.3) is 0 Å². The zero-order valence-electron chi connectivity index (χ0n) is 11.2. The molecule has 18 heavy (non-hydrogen) atoms. The Morgan fingerprint density at radius 2 is 2.17 bits per heavy atom. The largest absolute Gasteiger partial charge is 0.310 e. The van der Waals surface area contributed by atoms with Crippen LogP contribution in [0.3, 0.4) is 0 Å². The van der Waals surface area contributed by atoms with Crippen LogP contribution in [0.5, 0.6) is 0 Å². The molecular formula is C14H20N4. The Hall–Kier alpha value is -1.68. The standard InChI is InChI=1S/C14H20N4/c1-4-16-14(6-12-8-17-18(3)10-12)13-5-11(2)7-15-9-13/h5,7-10,14,16H,4,6H2,1-3H3. The maximum absolute atomic E-state index is 4.27. The van der Waals surface area contributed by atoms with Crippen LogP contribution in [0.15, 0.2) is 30.9 Å². The second-order valence-corrected chi connectivity index (χ2v) is 4.63. The molecule has 0 saturated carbocycles. The molecule has 4 heteroatoms. The predicted octanol–water partition coefficient (Wildman–Crippen LogP) is 2.02. The van der Waals surface area contributed by atoms with Crippen LogP contribution in [0.1, 0.15) is 29.7 Å². The molecule has 2 aromatic rings. The molecule has 0 radical (unpaired) electrons. The van der Waals surface area contributed by atoms with Gasteiger partial charge in [-0.1, -0.05) is 13.0 Å². The SMILES string of the molecule is CCNC(Cc1cnn(C)c1)c1cncc(C)c1. The van der Waals surface area contributed by atoms with Crippen LogP contribution >= 0.6 is 0 Å². The van der Waals surface area contributed by atoms with Crippen molar-refractivity contribution in [1.29, 1.82) is 0 Å². The number of aryl methyl sites for hydroxylation is 2. The molecule has 96 valence electrons. The van der Waals surface area contributed by atoms with E-state index in [-0.39, 0.29) is 0 Å². The molecule has 0 bridgehead atoms. The molecule has 0 saturated heterocycles. The van der Waals surface area contributed by atoms with Crippen molar-refractivity contribution in [3.8, 4) is 0 Å². The van der Waals surface area contributed by atoms with Gasteiger partial charge in [0.05, 0.1) is 6.20 Å². The Bertz CT molecular complexity index is 504. The predicted molar refractivity (Wildman–Crippen MR) is 72.3 cm³/mol. The van der Waals surface area contributed by atoms with Crippen LogP contribution in [0.4, 0.5) is 0 Å². The molecule has 2 rings (SSSR count). The molecule has 1 atom stereocenters. The summed E-state index contributed by atoms with van der Waals surface area (Å²) in [4.78, 5) is 4.27. The molecule has 4 nitrogen and oxygen atoms in total. The first-order chi connectivity index (χ1) is 8.69. The van der Waals surface area contributed by atoms with E-state index in [4.69, 9.17) is 0 Å². The van der Waals surface area contributed by atoms with Gasteiger partial charge in [-0.3, -0.25) is 9.67 Å². The molecule has 1 unspecified atom stereocenters. The van der Waals surface area contributed by atoms with E-state index in [1.54, 1.807) is 0 Å². The normalized spacial score (nSPS) is 12.6. The van der Waals surface area contributed by atoms with Crippen molar-refractivity contribution in [2.75, 3.05) is 6.54 Å². The summed E-state index contributed by atoms with van der Waals surface area (Å²) in [5, 5.41) is 7.72. The number of aromatic nitrogens is 3. The van der Waals surface area contributed by atoms with Gasteiger partial charge in [-0.05, 0) is 36.6 Å². The van der Waals surface area contributed by atoms with Gasteiger partial charge in [0.2, 0.25) is 0 Å². The monoisotopic (exact) mass is 244 g/mol. The number of rotatable bonds is 5. The highest BCUT2D eigenvalue weighted by Crippen LogP contribution is 2.18. The molecule has 0 fully saturated rings. The maximum atomic E-state index is 4.27. The first-order valence-corrected chi connectivity index (χ1v) is 6.31. The van der Waals surface area contributed by atoms with E-state index >= 15 is 0 Å². The van der Waals surface area contributed by atoms with Gasteiger partial charge in [0.1, 0.15) is 0 Å². The van der Waals surface area contributed by atoms with Crippen LogP contribution in [-0.4, -0.2) is 21.3 Å². The van der Waals surface area contributed by atoms with Crippen LogP contribution in [0, 0.1) is 6.92 Å². The van der Waals surface area contributed by atoms with Crippen molar-refractivity contribution < 1.29 is 0 Å². The second kappa shape index (κ2) is 5.78. The number of nitrogens with one attached hydrogen (secondary N) is 1. The molecule has 1 N–H and O–H groups in total. The van der Waals surface area contributed by atoms with Crippen molar-refractivity contribution in [3.05, 3.63) is 47.5 Å². The number of hydrogen-bond donors (Lipinski definition) is 1. The zero-order chi connectivity index (χ0) is 13.0. The van der Waals surface area contributed by atoms with Gasteiger partial charge < -0.3 is 5.32 Å². The second-order valence-electron chi connectivity index (χ2n) is 4.63. The van der Waals surface area contributed by atoms with Crippen molar-refractivity contribution in [2.24, 2.45) is 7.05 Å². The maximum Gasteiger partial charge on any atom is 0.0522 e. The average molecular weight is 244 g/mol. The van der Waals surface area contributed by atoms with E-state index in [0.717, 1.165) is 13.0 Å². The van der Waals surface area contributed by atoms with Gasteiger partial charge in [-0.25, -0.2) is 0 Å². The van der Waals surface area contributed by atoms with Gasteiger partial charge in [-0.15, -0.1) is 0 Å². The van der Waals surface area contributed by atoms with Crippen LogP contribution in [0.2, 0.25) is 0 Å². The van der Waals surface area contributed by atoms with Gasteiger partial charge in [0, 0.05) is 31.7 Å². The minimum Gasteiger partial charge on any atom is -0.310 e. The third-order valence-electron chi connectivity index (χ3n) is 2.95. The fourth-order valence-electron chi connectivity index (χ4n) is 2.14. The number of pyridine rings is 1. The Balaban J connectivity index is 2.17. The lowest BCUT2D eigenvalue weighted by Gasteiger charge is -2.17.